The molecule has 2 aromatic heterocycles. The van der Waals surface area contributed by atoms with Crippen LogP contribution in [0.4, 0.5) is 19.1 Å². The summed E-state index contributed by atoms with van der Waals surface area (Å²) < 4.78 is 51.3. The van der Waals surface area contributed by atoms with Crippen molar-refractivity contribution in [2.45, 2.75) is 13.3 Å². The molecule has 0 radical (unpaired) electrons. The molecule has 3 aromatic rings. The molecule has 2 N–H and O–H groups in total. The van der Waals surface area contributed by atoms with Crippen LogP contribution in [0.5, 0.6) is 5.88 Å². The summed E-state index contributed by atoms with van der Waals surface area (Å²) in [4.78, 5) is 12.4. The number of nitrogens with two attached hydrogens (primary N) is 1. The zero-order valence-corrected chi connectivity index (χ0v) is 16.1. The van der Waals surface area contributed by atoms with Gasteiger partial charge in [0.1, 0.15) is 11.5 Å². The normalized spacial score (nSPS) is 14.0. The zero-order chi connectivity index (χ0) is 21.3. The topological polar surface area (TPSA) is 83.2 Å². The molecule has 0 bridgehead atoms. The molecular weight excluding hydrogens is 397 g/mol. The second-order valence-electron chi connectivity index (χ2n) is 7.05. The molecule has 0 amide bonds. The summed E-state index contributed by atoms with van der Waals surface area (Å²) in [6, 6.07) is 8.56. The Bertz CT molecular complexity index is 1060. The second kappa shape index (κ2) is 8.27. The number of aromatic nitrogens is 3. The van der Waals surface area contributed by atoms with E-state index in [1.807, 2.05) is 0 Å². The number of nitrogen functional groups attached to an aromatic ring is 1. The first-order chi connectivity index (χ1) is 14.4. The second-order valence-corrected chi connectivity index (χ2v) is 7.05. The van der Waals surface area contributed by atoms with E-state index in [0.717, 1.165) is 0 Å². The highest BCUT2D eigenvalue weighted by atomic mass is 19.3. The van der Waals surface area contributed by atoms with Crippen molar-refractivity contribution < 1.29 is 22.6 Å². The van der Waals surface area contributed by atoms with Crippen LogP contribution in [0.1, 0.15) is 17.8 Å². The summed E-state index contributed by atoms with van der Waals surface area (Å²) in [5.41, 5.74) is 7.64. The molecule has 1 fully saturated rings. The fourth-order valence-corrected chi connectivity index (χ4v) is 3.17. The predicted molar refractivity (Wildman–Crippen MR) is 105 cm³/mol. The Hall–Kier alpha value is -3.20. The predicted octanol–water partition coefficient (Wildman–Crippen LogP) is 4.20. The van der Waals surface area contributed by atoms with Gasteiger partial charge in [-0.05, 0) is 48.9 Å². The molecule has 9 heteroatoms. The minimum absolute atomic E-state index is 0.0437. The van der Waals surface area contributed by atoms with Crippen molar-refractivity contribution in [2.75, 3.05) is 25.6 Å². The van der Waals surface area contributed by atoms with Crippen LogP contribution in [0.15, 0.2) is 36.4 Å². The van der Waals surface area contributed by atoms with E-state index in [0.29, 0.717) is 47.9 Å². The SMILES string of the molecule is Cc1cc(-c2c(OCC3COC3)nc(N)nc2-c2ccc(F)cc2)cc(C(F)F)n1. The van der Waals surface area contributed by atoms with Crippen molar-refractivity contribution in [1.82, 2.24) is 15.0 Å². The monoisotopic (exact) mass is 416 g/mol. The van der Waals surface area contributed by atoms with Crippen molar-refractivity contribution in [2.24, 2.45) is 5.92 Å². The molecule has 0 unspecified atom stereocenters. The van der Waals surface area contributed by atoms with Gasteiger partial charge in [-0.3, -0.25) is 4.98 Å². The average Bonchev–Trinajstić information content (AvgIpc) is 2.66. The van der Waals surface area contributed by atoms with Crippen molar-refractivity contribution in [3.8, 4) is 28.3 Å². The Morgan fingerprint density at radius 2 is 1.83 bits per heavy atom. The van der Waals surface area contributed by atoms with Gasteiger partial charge in [0.15, 0.2) is 0 Å². The average molecular weight is 416 g/mol. The molecular formula is C21H19F3N4O2. The van der Waals surface area contributed by atoms with E-state index in [1.54, 1.807) is 13.0 Å². The Balaban J connectivity index is 1.89. The summed E-state index contributed by atoms with van der Waals surface area (Å²) in [5.74, 6) is -0.0834. The molecule has 1 saturated heterocycles. The maximum atomic E-state index is 13.4. The summed E-state index contributed by atoms with van der Waals surface area (Å²) in [6.07, 6.45) is -2.75. The molecule has 0 spiro atoms. The van der Waals surface area contributed by atoms with E-state index in [-0.39, 0.29) is 23.4 Å². The van der Waals surface area contributed by atoms with Gasteiger partial charge >= 0.3 is 0 Å². The molecule has 0 atom stereocenters. The van der Waals surface area contributed by atoms with Gasteiger partial charge in [0.2, 0.25) is 11.8 Å². The zero-order valence-electron chi connectivity index (χ0n) is 16.1. The standard InChI is InChI=1S/C21H19F3N4O2/c1-11-6-14(7-16(26-11)19(23)24)17-18(13-2-4-15(22)5-3-13)27-21(25)28-20(17)30-10-12-8-29-9-12/h2-7,12,19H,8-10H2,1H3,(H2,25,27,28). The Kier molecular flexibility index (Phi) is 5.54. The number of anilines is 1. The molecule has 156 valence electrons. The van der Waals surface area contributed by atoms with Gasteiger partial charge in [0.05, 0.1) is 31.1 Å². The van der Waals surface area contributed by atoms with Crippen molar-refractivity contribution >= 4 is 5.95 Å². The van der Waals surface area contributed by atoms with Crippen LogP contribution in [-0.2, 0) is 4.74 Å². The number of benzene rings is 1. The van der Waals surface area contributed by atoms with Crippen molar-refractivity contribution in [1.29, 1.82) is 0 Å². The quantitative estimate of drug-likeness (QED) is 0.649. The van der Waals surface area contributed by atoms with Crippen LogP contribution >= 0.6 is 0 Å². The van der Waals surface area contributed by atoms with Crippen LogP contribution in [0.25, 0.3) is 22.4 Å². The third-order valence-corrected chi connectivity index (χ3v) is 4.66. The molecule has 1 aliphatic heterocycles. The van der Waals surface area contributed by atoms with E-state index in [2.05, 4.69) is 15.0 Å². The Labute approximate surface area is 170 Å². The highest BCUT2D eigenvalue weighted by Crippen LogP contribution is 2.39. The number of hydrogen-bond donors (Lipinski definition) is 1. The van der Waals surface area contributed by atoms with E-state index < -0.39 is 12.2 Å². The number of alkyl halides is 2. The first-order valence-electron chi connectivity index (χ1n) is 9.32. The third-order valence-electron chi connectivity index (χ3n) is 4.66. The van der Waals surface area contributed by atoms with Gasteiger partial charge in [-0.25, -0.2) is 18.2 Å². The van der Waals surface area contributed by atoms with Crippen LogP contribution in [0.2, 0.25) is 0 Å². The molecule has 6 nitrogen and oxygen atoms in total. The minimum Gasteiger partial charge on any atom is -0.477 e. The van der Waals surface area contributed by atoms with E-state index >= 15 is 0 Å². The first-order valence-corrected chi connectivity index (χ1v) is 9.32. The molecule has 0 saturated carbocycles. The molecule has 30 heavy (non-hydrogen) atoms. The lowest BCUT2D eigenvalue weighted by molar-refractivity contribution is -0.0513. The van der Waals surface area contributed by atoms with E-state index in [9.17, 15) is 13.2 Å². The number of nitrogens with zero attached hydrogens (tertiary/aromatic N) is 3. The molecule has 3 heterocycles. The largest absolute Gasteiger partial charge is 0.477 e. The Morgan fingerprint density at radius 1 is 1.10 bits per heavy atom. The lowest BCUT2D eigenvalue weighted by Gasteiger charge is -2.26. The smallest absolute Gasteiger partial charge is 0.280 e. The number of ether oxygens (including phenoxy) is 2. The lowest BCUT2D eigenvalue weighted by Crippen LogP contribution is -2.32. The van der Waals surface area contributed by atoms with E-state index in [1.165, 1.54) is 30.3 Å². The van der Waals surface area contributed by atoms with Crippen LogP contribution < -0.4 is 10.5 Å². The van der Waals surface area contributed by atoms with Gasteiger partial charge in [-0.2, -0.15) is 4.98 Å². The minimum atomic E-state index is -2.75. The number of pyridine rings is 1. The maximum absolute atomic E-state index is 13.4. The number of hydrogen-bond acceptors (Lipinski definition) is 6. The van der Waals surface area contributed by atoms with E-state index in [4.69, 9.17) is 15.2 Å². The van der Waals surface area contributed by atoms with Gasteiger partial charge in [0, 0.05) is 17.2 Å². The first kappa shape index (κ1) is 20.1. The number of halogens is 3. The number of rotatable bonds is 6. The van der Waals surface area contributed by atoms with Crippen LogP contribution in [0.3, 0.4) is 0 Å². The van der Waals surface area contributed by atoms with Crippen LogP contribution in [0, 0.1) is 18.7 Å². The molecule has 4 rings (SSSR count). The van der Waals surface area contributed by atoms with Gasteiger partial charge < -0.3 is 15.2 Å². The summed E-state index contributed by atoms with van der Waals surface area (Å²) in [7, 11) is 0. The fraction of sp³-hybridized carbons (Fsp3) is 0.286. The van der Waals surface area contributed by atoms with Gasteiger partial charge in [0.25, 0.3) is 6.43 Å². The highest BCUT2D eigenvalue weighted by Gasteiger charge is 2.24. The summed E-state index contributed by atoms with van der Waals surface area (Å²) in [5, 5.41) is 0. The number of aryl methyl sites for hydroxylation is 1. The molecule has 0 aliphatic carbocycles. The van der Waals surface area contributed by atoms with Crippen molar-refractivity contribution in [3.63, 3.8) is 0 Å². The van der Waals surface area contributed by atoms with Gasteiger partial charge in [-0.15, -0.1) is 0 Å². The van der Waals surface area contributed by atoms with Gasteiger partial charge in [-0.1, -0.05) is 0 Å². The van der Waals surface area contributed by atoms with Crippen LogP contribution in [-0.4, -0.2) is 34.8 Å². The highest BCUT2D eigenvalue weighted by molar-refractivity contribution is 5.85. The molecule has 1 aliphatic rings. The molecule has 1 aromatic carbocycles. The third kappa shape index (κ3) is 4.20. The van der Waals surface area contributed by atoms with Crippen molar-refractivity contribution in [3.05, 3.63) is 53.6 Å². The summed E-state index contributed by atoms with van der Waals surface area (Å²) in [6.45, 7) is 3.10. The maximum Gasteiger partial charge on any atom is 0.280 e. The Morgan fingerprint density at radius 3 is 2.47 bits per heavy atom. The fourth-order valence-electron chi connectivity index (χ4n) is 3.17. The summed E-state index contributed by atoms with van der Waals surface area (Å²) >= 11 is 0. The lowest BCUT2D eigenvalue weighted by atomic mass is 9.99.